The average Bonchev–Trinajstić information content (AvgIpc) is 0.687. The molecule has 428 valence electrons. The van der Waals surface area contributed by atoms with Crippen molar-refractivity contribution in [2.75, 3.05) is 0 Å². The molecular formula is C76H54B2O10Si. The Morgan fingerprint density at radius 1 is 0.360 bits per heavy atom. The first-order valence-corrected chi connectivity index (χ1v) is 33.5. The van der Waals surface area contributed by atoms with Gasteiger partial charge < -0.3 is 28.4 Å². The number of hydrogen-bond donors (Lipinski definition) is 0. The van der Waals surface area contributed by atoms with Gasteiger partial charge >= 0.3 is 23.9 Å². The Hall–Kier alpha value is -10.5. The van der Waals surface area contributed by atoms with Crippen molar-refractivity contribution in [1.82, 2.24) is 0 Å². The highest BCUT2D eigenvalue weighted by Crippen LogP contribution is 2.48. The second-order valence-electron chi connectivity index (χ2n) is 24.7. The van der Waals surface area contributed by atoms with Gasteiger partial charge in [-0.2, -0.15) is 0 Å². The van der Waals surface area contributed by atoms with Gasteiger partial charge in [0.15, 0.2) is 0 Å². The minimum Gasteiger partial charge on any atom is -0.458 e. The monoisotopic (exact) mass is 1180 g/mol. The number of hydrogen-bond acceptors (Lipinski definition) is 10. The van der Waals surface area contributed by atoms with E-state index in [-0.39, 0.29) is 39.9 Å². The molecule has 0 radical (unpaired) electrons. The van der Waals surface area contributed by atoms with E-state index >= 15 is 0 Å². The molecule has 0 bridgehead atoms. The zero-order valence-electron chi connectivity index (χ0n) is 49.2. The molecule has 0 aromatic heterocycles. The van der Waals surface area contributed by atoms with Crippen molar-refractivity contribution >= 4 is 116 Å². The summed E-state index contributed by atoms with van der Waals surface area (Å²) in [7, 11) is -2.32. The van der Waals surface area contributed by atoms with E-state index in [1.165, 1.54) is 5.19 Å². The lowest BCUT2D eigenvalue weighted by Gasteiger charge is -2.38. The van der Waals surface area contributed by atoms with Crippen LogP contribution in [0.5, 0.6) is 23.0 Å². The highest BCUT2D eigenvalue weighted by molar-refractivity contribution is 7.02. The Bertz CT molecular complexity index is 4990. The summed E-state index contributed by atoms with van der Waals surface area (Å²) in [5.74, 6) is 0.0222. The van der Waals surface area contributed by atoms with Crippen molar-refractivity contribution in [3.05, 3.63) is 256 Å². The molecule has 4 aliphatic rings. The Labute approximate surface area is 515 Å². The number of aryl methyl sites for hydroxylation is 1. The second kappa shape index (κ2) is 20.9. The van der Waals surface area contributed by atoms with E-state index in [9.17, 15) is 19.2 Å². The first-order valence-electron chi connectivity index (χ1n) is 30.0. The predicted molar refractivity (Wildman–Crippen MR) is 353 cm³/mol. The van der Waals surface area contributed by atoms with Crippen LogP contribution in [0.2, 0.25) is 19.6 Å². The van der Waals surface area contributed by atoms with Crippen LogP contribution in [0.15, 0.2) is 206 Å². The largest absolute Gasteiger partial charge is 0.458 e. The van der Waals surface area contributed by atoms with Gasteiger partial charge in [-0.15, -0.1) is 0 Å². The van der Waals surface area contributed by atoms with Crippen molar-refractivity contribution < 1.29 is 47.6 Å². The molecule has 0 fully saturated rings. The molecule has 16 rings (SSSR count). The smallest absolute Gasteiger partial charge is 0.338 e. The van der Waals surface area contributed by atoms with Crippen molar-refractivity contribution in [1.29, 1.82) is 0 Å². The molecule has 0 atom stereocenters. The minimum atomic E-state index is -2.32. The van der Waals surface area contributed by atoms with E-state index < -0.39 is 32.0 Å². The number of rotatable bonds is 13. The summed E-state index contributed by atoms with van der Waals surface area (Å²) in [5.41, 5.74) is 15.3. The number of esters is 4. The van der Waals surface area contributed by atoms with Gasteiger partial charge in [0.25, 0.3) is 13.4 Å². The van der Waals surface area contributed by atoms with Crippen molar-refractivity contribution in [3.8, 4) is 45.3 Å². The molecule has 4 aliphatic heterocycles. The molecular weight excluding hydrogens is 1120 g/mol. The van der Waals surface area contributed by atoms with Crippen LogP contribution in [0.3, 0.4) is 0 Å². The zero-order valence-corrected chi connectivity index (χ0v) is 50.2. The molecule has 0 spiro atoms. The number of carbonyl (C=O) groups is 4. The predicted octanol–water partition coefficient (Wildman–Crippen LogP) is 12.1. The molecule has 4 heterocycles. The van der Waals surface area contributed by atoms with E-state index in [0.717, 1.165) is 115 Å². The van der Waals surface area contributed by atoms with E-state index in [2.05, 4.69) is 50.8 Å². The number of fused-ring (bicyclic) bond motifs is 8. The third-order valence-corrected chi connectivity index (χ3v) is 20.2. The van der Waals surface area contributed by atoms with Crippen LogP contribution in [0, 0.1) is 6.92 Å². The topological polar surface area (TPSA) is 124 Å². The van der Waals surface area contributed by atoms with Gasteiger partial charge in [0, 0.05) is 0 Å². The van der Waals surface area contributed by atoms with Crippen LogP contribution in [0.1, 0.15) is 69.2 Å². The van der Waals surface area contributed by atoms with Crippen LogP contribution in [0.4, 0.5) is 0 Å². The highest BCUT2D eigenvalue weighted by atomic mass is 28.3. The SMILES string of the molecule is Cc1cc2c3c(cc4c([Si](C)(C)C)cc5c6c(cc1c3c46)B1c3ccc(C(=O)OCc4ccccc4)cc3Oc3cc(C(=O)OCc4ccccc4)cc-5c31)B1c3ccc(C(=O)OCc4ccccc4)cc3Oc3cc(C(=O)OCc4ccccc4)cc-2c31. The van der Waals surface area contributed by atoms with Gasteiger partial charge in [-0.3, -0.25) is 0 Å². The molecule has 0 unspecified atom stereocenters. The lowest BCUT2D eigenvalue weighted by molar-refractivity contribution is 0.0463. The number of carbonyl (C=O) groups excluding carboxylic acids is 4. The zero-order chi connectivity index (χ0) is 60.4. The van der Waals surface area contributed by atoms with Gasteiger partial charge in [0.2, 0.25) is 0 Å². The maximum Gasteiger partial charge on any atom is 0.338 e. The quantitative estimate of drug-likeness (QED) is 0.0477. The summed E-state index contributed by atoms with van der Waals surface area (Å²) >= 11 is 0. The maximum absolute atomic E-state index is 14.6. The van der Waals surface area contributed by atoms with Gasteiger partial charge in [-0.25, -0.2) is 19.2 Å². The molecule has 10 nitrogen and oxygen atoms in total. The lowest BCUT2D eigenvalue weighted by Crippen LogP contribution is -2.58. The molecule has 0 saturated carbocycles. The van der Waals surface area contributed by atoms with Crippen LogP contribution >= 0.6 is 0 Å². The molecule has 89 heavy (non-hydrogen) atoms. The van der Waals surface area contributed by atoms with Gasteiger partial charge in [-0.1, -0.05) is 193 Å². The summed E-state index contributed by atoms with van der Waals surface area (Å²) < 4.78 is 37.9. The van der Waals surface area contributed by atoms with Crippen molar-refractivity contribution in [2.45, 2.75) is 53.0 Å². The highest BCUT2D eigenvalue weighted by Gasteiger charge is 2.45. The Balaban J connectivity index is 0.924. The molecule has 0 N–H and O–H groups in total. The third-order valence-electron chi connectivity index (χ3n) is 18.1. The van der Waals surface area contributed by atoms with Crippen LogP contribution in [-0.2, 0) is 45.4 Å². The summed E-state index contributed by atoms with van der Waals surface area (Å²) in [4.78, 5) is 57.0. The fourth-order valence-corrected chi connectivity index (χ4v) is 15.6. The van der Waals surface area contributed by atoms with Gasteiger partial charge in [0.05, 0.1) is 30.3 Å². The maximum atomic E-state index is 14.6. The van der Waals surface area contributed by atoms with E-state index in [1.807, 2.05) is 158 Å². The fourth-order valence-electron chi connectivity index (χ4n) is 14.0. The van der Waals surface area contributed by atoms with Crippen molar-refractivity contribution in [2.24, 2.45) is 0 Å². The molecule has 0 amide bonds. The second-order valence-corrected chi connectivity index (χ2v) is 29.7. The molecule has 0 aliphatic carbocycles. The molecule has 12 aromatic rings. The Morgan fingerprint density at radius 2 is 0.719 bits per heavy atom. The van der Waals surface area contributed by atoms with Gasteiger partial charge in [0.1, 0.15) is 49.4 Å². The lowest BCUT2D eigenvalue weighted by atomic mass is 9.32. The van der Waals surface area contributed by atoms with Crippen LogP contribution in [-0.4, -0.2) is 45.4 Å². The molecule has 13 heteroatoms. The van der Waals surface area contributed by atoms with Crippen LogP contribution < -0.4 is 47.4 Å². The number of benzene rings is 12. The molecule has 0 saturated heterocycles. The average molecular weight is 1180 g/mol. The summed E-state index contributed by atoms with van der Waals surface area (Å²) in [5, 5.41) is 7.77. The summed E-state index contributed by atoms with van der Waals surface area (Å²) in [6, 6.07) is 66.5. The number of ether oxygens (including phenoxy) is 6. The van der Waals surface area contributed by atoms with Gasteiger partial charge in [-0.05, 0) is 160 Å². The summed E-state index contributed by atoms with van der Waals surface area (Å²) in [6.45, 7) is 8.90. The Morgan fingerprint density at radius 3 is 1.12 bits per heavy atom. The summed E-state index contributed by atoms with van der Waals surface area (Å²) in [6.07, 6.45) is 0. The van der Waals surface area contributed by atoms with Crippen molar-refractivity contribution in [3.63, 3.8) is 0 Å². The minimum absolute atomic E-state index is 0.0833. The Kier molecular flexibility index (Phi) is 12.6. The normalized spacial score (nSPS) is 12.8. The third kappa shape index (κ3) is 9.01. The fraction of sp³-hybridized carbons (Fsp3) is 0.105. The van der Waals surface area contributed by atoms with E-state index in [0.29, 0.717) is 45.3 Å². The van der Waals surface area contributed by atoms with E-state index in [1.54, 1.807) is 24.3 Å². The first-order chi connectivity index (χ1) is 43.3. The molecule has 12 aromatic carbocycles. The van der Waals surface area contributed by atoms with E-state index in [4.69, 9.17) is 28.4 Å². The standard InChI is InChI=1S/C76H54B2O10Si/c1-43-29-53-55-30-50(75(81)85-41-46-21-13-7-14-22-46)34-64-71(55)78(59-28-26-49(33-63(59)87-64)74(80)84-40-45-19-11-6-12-20-45)61-37-57-66(89(2,3)4)38-54-56-31-51(76(82)86-42-47-23-15-8-16-24-47)35-65-72(56)77(60-36-52(43)69(67(53)61)70(57)68(54)60)58-27-25-48(32-62(58)88-65)73(79)83-39-44-17-9-5-10-18-44/h5-38H,39-42H2,1-4H3. The first kappa shape index (κ1) is 53.9. The van der Waals surface area contributed by atoms with Crippen LogP contribution in [0.25, 0.3) is 54.6 Å².